The van der Waals surface area contributed by atoms with Gasteiger partial charge in [-0.05, 0) is 36.8 Å². The van der Waals surface area contributed by atoms with E-state index in [1.54, 1.807) is 18.2 Å². The lowest BCUT2D eigenvalue weighted by Crippen LogP contribution is -2.41. The number of carbonyl (C=O) groups excluding carboxylic acids is 2. The van der Waals surface area contributed by atoms with Gasteiger partial charge in [0.25, 0.3) is 0 Å². The third-order valence-electron chi connectivity index (χ3n) is 3.84. The largest absolute Gasteiger partial charge is 0.423 e. The van der Waals surface area contributed by atoms with Gasteiger partial charge in [0, 0.05) is 0 Å². The minimum absolute atomic E-state index is 0.162. The number of halogens is 3. The third kappa shape index (κ3) is 3.79. The Hall–Kier alpha value is -3.03. The van der Waals surface area contributed by atoms with E-state index in [4.69, 9.17) is 4.74 Å². The number of hydrogen-bond acceptors (Lipinski definition) is 4. The van der Waals surface area contributed by atoms with Gasteiger partial charge in [-0.15, -0.1) is 0 Å². The predicted octanol–water partition coefficient (Wildman–Crippen LogP) is 3.38. The second-order valence-electron chi connectivity index (χ2n) is 5.89. The number of para-hydroxylation sites is 1. The zero-order chi connectivity index (χ0) is 18.9. The number of esters is 1. The molecule has 0 atom stereocenters. The van der Waals surface area contributed by atoms with E-state index in [0.717, 1.165) is 11.6 Å². The molecule has 2 aromatic rings. The van der Waals surface area contributed by atoms with Gasteiger partial charge in [-0.2, -0.15) is 13.2 Å². The van der Waals surface area contributed by atoms with Gasteiger partial charge in [-0.1, -0.05) is 18.2 Å². The average Bonchev–Trinajstić information content (AvgIpc) is 2.53. The summed E-state index contributed by atoms with van der Waals surface area (Å²) in [5.74, 6) is -0.876. The summed E-state index contributed by atoms with van der Waals surface area (Å²) in [5.41, 5.74) is 0.160. The van der Waals surface area contributed by atoms with Crippen LogP contribution < -0.4 is 15.0 Å². The molecule has 3 rings (SSSR count). The third-order valence-corrected chi connectivity index (χ3v) is 3.84. The van der Waals surface area contributed by atoms with E-state index in [9.17, 15) is 22.8 Å². The second-order valence-corrected chi connectivity index (χ2v) is 5.89. The van der Waals surface area contributed by atoms with Crippen molar-refractivity contribution in [3.05, 3.63) is 53.6 Å². The number of ether oxygens (including phenoxy) is 1. The van der Waals surface area contributed by atoms with Crippen molar-refractivity contribution in [2.75, 3.05) is 23.3 Å². The SMILES string of the molecule is Cc1ccc2c(c1)OC(=O)CN2CC(=O)Nc1ccccc1C(F)(F)F. The molecule has 5 nitrogen and oxygen atoms in total. The summed E-state index contributed by atoms with van der Waals surface area (Å²) in [4.78, 5) is 25.5. The molecule has 136 valence electrons. The zero-order valence-electron chi connectivity index (χ0n) is 13.8. The zero-order valence-corrected chi connectivity index (χ0v) is 13.8. The first kappa shape index (κ1) is 17.8. The maximum Gasteiger partial charge on any atom is 0.418 e. The van der Waals surface area contributed by atoms with Crippen molar-refractivity contribution in [3.63, 3.8) is 0 Å². The van der Waals surface area contributed by atoms with Crippen LogP contribution in [0.25, 0.3) is 0 Å². The first-order chi connectivity index (χ1) is 12.2. The van der Waals surface area contributed by atoms with Gasteiger partial charge in [-0.3, -0.25) is 4.79 Å². The fourth-order valence-electron chi connectivity index (χ4n) is 2.70. The molecule has 26 heavy (non-hydrogen) atoms. The molecule has 0 radical (unpaired) electrons. The molecular weight excluding hydrogens is 349 g/mol. The fourth-order valence-corrected chi connectivity index (χ4v) is 2.70. The highest BCUT2D eigenvalue weighted by atomic mass is 19.4. The van der Waals surface area contributed by atoms with Crippen LogP contribution in [0.5, 0.6) is 5.75 Å². The number of aryl methyl sites for hydroxylation is 1. The minimum Gasteiger partial charge on any atom is -0.423 e. The van der Waals surface area contributed by atoms with Crippen molar-refractivity contribution < 1.29 is 27.5 Å². The van der Waals surface area contributed by atoms with Gasteiger partial charge in [0.15, 0.2) is 5.75 Å². The van der Waals surface area contributed by atoms with E-state index in [0.29, 0.717) is 11.4 Å². The van der Waals surface area contributed by atoms with Crippen LogP contribution in [0.2, 0.25) is 0 Å². The normalized spacial score (nSPS) is 13.8. The van der Waals surface area contributed by atoms with Crippen LogP contribution in [0.4, 0.5) is 24.5 Å². The van der Waals surface area contributed by atoms with Crippen LogP contribution in [0.1, 0.15) is 11.1 Å². The highest BCUT2D eigenvalue weighted by Gasteiger charge is 2.34. The number of hydrogen-bond donors (Lipinski definition) is 1. The molecule has 0 saturated carbocycles. The molecule has 2 aromatic carbocycles. The van der Waals surface area contributed by atoms with E-state index < -0.39 is 23.6 Å². The molecule has 1 aliphatic rings. The Balaban J connectivity index is 1.79. The van der Waals surface area contributed by atoms with Crippen molar-refractivity contribution in [1.29, 1.82) is 0 Å². The second kappa shape index (κ2) is 6.70. The van der Waals surface area contributed by atoms with Crippen LogP contribution >= 0.6 is 0 Å². The van der Waals surface area contributed by atoms with Gasteiger partial charge in [0.1, 0.15) is 6.54 Å². The molecule has 1 amide bonds. The number of anilines is 2. The minimum atomic E-state index is -4.58. The average molecular weight is 364 g/mol. The lowest BCUT2D eigenvalue weighted by Gasteiger charge is -2.29. The topological polar surface area (TPSA) is 58.6 Å². The summed E-state index contributed by atoms with van der Waals surface area (Å²) < 4.78 is 44.2. The lowest BCUT2D eigenvalue weighted by molar-refractivity contribution is -0.137. The number of rotatable bonds is 3. The Bertz CT molecular complexity index is 865. The summed E-state index contributed by atoms with van der Waals surface area (Å²) in [6.45, 7) is 1.38. The van der Waals surface area contributed by atoms with Crippen LogP contribution in [0.3, 0.4) is 0 Å². The van der Waals surface area contributed by atoms with Crippen molar-refractivity contribution in [2.45, 2.75) is 13.1 Å². The van der Waals surface area contributed by atoms with Gasteiger partial charge in [-0.25, -0.2) is 4.79 Å². The van der Waals surface area contributed by atoms with Crippen molar-refractivity contribution in [1.82, 2.24) is 0 Å². The number of amides is 1. The maximum absolute atomic E-state index is 13.0. The maximum atomic E-state index is 13.0. The Morgan fingerprint density at radius 3 is 2.69 bits per heavy atom. The Morgan fingerprint density at radius 2 is 1.96 bits per heavy atom. The molecule has 0 bridgehead atoms. The molecule has 1 heterocycles. The van der Waals surface area contributed by atoms with Gasteiger partial charge < -0.3 is 15.0 Å². The Morgan fingerprint density at radius 1 is 1.23 bits per heavy atom. The van der Waals surface area contributed by atoms with E-state index in [1.807, 2.05) is 6.92 Å². The van der Waals surface area contributed by atoms with Gasteiger partial charge in [0.2, 0.25) is 5.91 Å². The van der Waals surface area contributed by atoms with E-state index in [1.165, 1.54) is 23.1 Å². The molecule has 1 aliphatic heterocycles. The number of nitrogens with zero attached hydrogens (tertiary/aromatic N) is 1. The van der Waals surface area contributed by atoms with E-state index in [-0.39, 0.29) is 18.8 Å². The van der Waals surface area contributed by atoms with Gasteiger partial charge in [0.05, 0.1) is 23.5 Å². The summed E-state index contributed by atoms with van der Waals surface area (Å²) in [6.07, 6.45) is -4.58. The molecule has 0 fully saturated rings. The smallest absolute Gasteiger partial charge is 0.418 e. The number of nitrogens with one attached hydrogen (secondary N) is 1. The first-order valence-electron chi connectivity index (χ1n) is 7.76. The van der Waals surface area contributed by atoms with Gasteiger partial charge >= 0.3 is 12.1 Å². The number of alkyl halides is 3. The Kier molecular flexibility index (Phi) is 4.58. The standard InChI is InChI=1S/C18H15F3N2O3/c1-11-6-7-14-15(8-11)26-17(25)10-23(14)9-16(24)22-13-5-3-2-4-12(13)18(19,20)21/h2-8H,9-10H2,1H3,(H,22,24). The van der Waals surface area contributed by atoms with Crippen molar-refractivity contribution >= 4 is 23.3 Å². The summed E-state index contributed by atoms with van der Waals surface area (Å²) in [7, 11) is 0. The molecule has 0 aromatic heterocycles. The van der Waals surface area contributed by atoms with Crippen LogP contribution in [-0.4, -0.2) is 25.0 Å². The highest BCUT2D eigenvalue weighted by molar-refractivity contribution is 5.97. The van der Waals surface area contributed by atoms with Crippen LogP contribution in [0.15, 0.2) is 42.5 Å². The number of benzene rings is 2. The van der Waals surface area contributed by atoms with E-state index in [2.05, 4.69) is 5.32 Å². The molecule has 0 spiro atoms. The monoisotopic (exact) mass is 364 g/mol. The fraction of sp³-hybridized carbons (Fsp3) is 0.222. The molecule has 8 heteroatoms. The van der Waals surface area contributed by atoms with Crippen LogP contribution in [0, 0.1) is 6.92 Å². The summed E-state index contributed by atoms with van der Waals surface area (Å²) in [6, 6.07) is 9.89. The number of carbonyl (C=O) groups is 2. The molecular formula is C18H15F3N2O3. The molecule has 0 saturated heterocycles. The molecule has 0 unspecified atom stereocenters. The Labute approximate surface area is 147 Å². The summed E-state index contributed by atoms with van der Waals surface area (Å²) in [5, 5.41) is 2.27. The molecule has 0 aliphatic carbocycles. The number of fused-ring (bicyclic) bond motifs is 1. The highest BCUT2D eigenvalue weighted by Crippen LogP contribution is 2.35. The predicted molar refractivity (Wildman–Crippen MR) is 89.1 cm³/mol. The van der Waals surface area contributed by atoms with Crippen molar-refractivity contribution in [2.24, 2.45) is 0 Å². The van der Waals surface area contributed by atoms with Crippen molar-refractivity contribution in [3.8, 4) is 5.75 Å². The lowest BCUT2D eigenvalue weighted by atomic mass is 10.1. The summed E-state index contributed by atoms with van der Waals surface area (Å²) >= 11 is 0. The van der Waals surface area contributed by atoms with E-state index >= 15 is 0 Å². The quantitative estimate of drug-likeness (QED) is 0.670. The first-order valence-corrected chi connectivity index (χ1v) is 7.76. The molecule has 1 N–H and O–H groups in total. The van der Waals surface area contributed by atoms with Crippen LogP contribution in [-0.2, 0) is 15.8 Å².